The molecule has 0 aromatic heterocycles. The Balaban J connectivity index is 0.000000180. The topological polar surface area (TPSA) is 46.2 Å². The van der Waals surface area contributed by atoms with Gasteiger partial charge in [0.1, 0.15) is 0 Å². The van der Waals surface area contributed by atoms with E-state index in [0.29, 0.717) is 6.04 Å². The maximum atomic E-state index is 8.06. The first-order valence-electron chi connectivity index (χ1n) is 4.06. The Bertz CT molecular complexity index is 64.9. The van der Waals surface area contributed by atoms with Crippen molar-refractivity contribution in [2.75, 3.05) is 0 Å². The number of nitrogens with two attached hydrogens (primary N) is 1. The number of aliphatic hydroxyl groups excluding tert-OH is 1. The highest BCUT2D eigenvalue weighted by Gasteiger charge is 2.07. The zero-order valence-electron chi connectivity index (χ0n) is 7.01. The average molecular weight is 145 g/mol. The molecule has 0 radical (unpaired) electrons. The van der Waals surface area contributed by atoms with E-state index in [1.165, 1.54) is 25.7 Å². The Kier molecular flexibility index (Phi) is 5.64. The van der Waals surface area contributed by atoms with Crippen LogP contribution in [0.5, 0.6) is 0 Å². The predicted octanol–water partition coefficient (Wildman–Crippen LogP) is 1.27. The van der Waals surface area contributed by atoms with Crippen LogP contribution in [0.2, 0.25) is 0 Å². The standard InChI is InChI=1S/C5H11N.C3H8O/c6-5-3-1-2-4-5;1-3(2)4/h5H,1-4,6H2;3-4H,1-2H3. The lowest BCUT2D eigenvalue weighted by atomic mass is 10.3. The van der Waals surface area contributed by atoms with Crippen molar-refractivity contribution in [2.45, 2.75) is 51.7 Å². The Labute approximate surface area is 63.4 Å². The minimum Gasteiger partial charge on any atom is -0.394 e. The molecule has 0 aromatic carbocycles. The minimum atomic E-state index is -0.167. The monoisotopic (exact) mass is 145 g/mol. The number of hydrogen-bond acceptors (Lipinski definition) is 2. The SMILES string of the molecule is CC(C)O.NC1CCCC1. The van der Waals surface area contributed by atoms with Crippen LogP contribution in [0.1, 0.15) is 39.5 Å². The van der Waals surface area contributed by atoms with Gasteiger partial charge in [0.2, 0.25) is 0 Å². The zero-order chi connectivity index (χ0) is 7.98. The van der Waals surface area contributed by atoms with Crippen LogP contribution in [-0.4, -0.2) is 17.3 Å². The summed E-state index contributed by atoms with van der Waals surface area (Å²) in [5.74, 6) is 0. The smallest absolute Gasteiger partial charge is 0.0483 e. The van der Waals surface area contributed by atoms with Gasteiger partial charge in [-0.1, -0.05) is 12.8 Å². The van der Waals surface area contributed by atoms with Crippen molar-refractivity contribution in [1.82, 2.24) is 0 Å². The molecular formula is C8H19NO. The van der Waals surface area contributed by atoms with Crippen LogP contribution in [-0.2, 0) is 0 Å². The molecule has 0 atom stereocenters. The lowest BCUT2D eigenvalue weighted by Gasteiger charge is -1.92. The molecule has 1 aliphatic carbocycles. The summed E-state index contributed by atoms with van der Waals surface area (Å²) in [5, 5.41) is 8.06. The molecule has 2 nitrogen and oxygen atoms in total. The van der Waals surface area contributed by atoms with Crippen molar-refractivity contribution in [3.05, 3.63) is 0 Å². The van der Waals surface area contributed by atoms with Gasteiger partial charge < -0.3 is 10.8 Å². The maximum Gasteiger partial charge on any atom is 0.0483 e. The van der Waals surface area contributed by atoms with Crippen molar-refractivity contribution >= 4 is 0 Å². The van der Waals surface area contributed by atoms with E-state index in [1.807, 2.05) is 0 Å². The van der Waals surface area contributed by atoms with Crippen LogP contribution in [0.3, 0.4) is 0 Å². The van der Waals surface area contributed by atoms with Crippen LogP contribution in [0.4, 0.5) is 0 Å². The molecule has 0 saturated heterocycles. The third-order valence-electron chi connectivity index (χ3n) is 1.40. The summed E-state index contributed by atoms with van der Waals surface area (Å²) in [6.45, 7) is 3.44. The third-order valence-corrected chi connectivity index (χ3v) is 1.40. The summed E-state index contributed by atoms with van der Waals surface area (Å²) in [4.78, 5) is 0. The third kappa shape index (κ3) is 7.92. The van der Waals surface area contributed by atoms with Crippen LogP contribution >= 0.6 is 0 Å². The lowest BCUT2D eigenvalue weighted by Crippen LogP contribution is -2.13. The molecule has 0 spiro atoms. The molecule has 0 amide bonds. The molecule has 1 rings (SSSR count). The van der Waals surface area contributed by atoms with Gasteiger partial charge in [0, 0.05) is 12.1 Å². The molecule has 0 bridgehead atoms. The molecule has 10 heavy (non-hydrogen) atoms. The van der Waals surface area contributed by atoms with Gasteiger partial charge in [-0.05, 0) is 26.7 Å². The van der Waals surface area contributed by atoms with E-state index in [1.54, 1.807) is 13.8 Å². The van der Waals surface area contributed by atoms with E-state index in [-0.39, 0.29) is 6.10 Å². The molecule has 3 N–H and O–H groups in total. The van der Waals surface area contributed by atoms with Gasteiger partial charge in [0.15, 0.2) is 0 Å². The first-order valence-corrected chi connectivity index (χ1v) is 4.06. The molecule has 1 aliphatic rings. The minimum absolute atomic E-state index is 0.167. The second-order valence-corrected chi connectivity index (χ2v) is 3.14. The summed E-state index contributed by atoms with van der Waals surface area (Å²) in [6.07, 6.45) is 5.09. The zero-order valence-corrected chi connectivity index (χ0v) is 7.01. The number of rotatable bonds is 0. The van der Waals surface area contributed by atoms with Gasteiger partial charge >= 0.3 is 0 Å². The Hall–Kier alpha value is -0.0800. The van der Waals surface area contributed by atoms with E-state index < -0.39 is 0 Å². The summed E-state index contributed by atoms with van der Waals surface area (Å²) >= 11 is 0. The van der Waals surface area contributed by atoms with E-state index in [2.05, 4.69) is 0 Å². The summed E-state index contributed by atoms with van der Waals surface area (Å²) in [5.41, 5.74) is 5.53. The highest BCUT2D eigenvalue weighted by atomic mass is 16.3. The van der Waals surface area contributed by atoms with Crippen LogP contribution in [0.25, 0.3) is 0 Å². The normalized spacial score (nSPS) is 18.9. The highest BCUT2D eigenvalue weighted by molar-refractivity contribution is 4.67. The fourth-order valence-electron chi connectivity index (χ4n) is 0.957. The number of hydrogen-bond donors (Lipinski definition) is 2. The first-order chi connectivity index (χ1) is 4.63. The molecular weight excluding hydrogens is 126 g/mol. The lowest BCUT2D eigenvalue weighted by molar-refractivity contribution is 0.216. The fourth-order valence-corrected chi connectivity index (χ4v) is 0.957. The second-order valence-electron chi connectivity index (χ2n) is 3.14. The van der Waals surface area contributed by atoms with Gasteiger partial charge in [-0.15, -0.1) is 0 Å². The number of aliphatic hydroxyl groups is 1. The molecule has 0 aromatic rings. The van der Waals surface area contributed by atoms with Crippen molar-refractivity contribution < 1.29 is 5.11 Å². The highest BCUT2D eigenvalue weighted by Crippen LogP contribution is 2.14. The van der Waals surface area contributed by atoms with Gasteiger partial charge in [-0.2, -0.15) is 0 Å². The summed E-state index contributed by atoms with van der Waals surface area (Å²) in [7, 11) is 0. The molecule has 62 valence electrons. The molecule has 1 saturated carbocycles. The van der Waals surface area contributed by atoms with Gasteiger partial charge in [-0.25, -0.2) is 0 Å². The van der Waals surface area contributed by atoms with Crippen LogP contribution < -0.4 is 5.73 Å². The van der Waals surface area contributed by atoms with E-state index in [9.17, 15) is 0 Å². The Morgan fingerprint density at radius 3 is 1.70 bits per heavy atom. The van der Waals surface area contributed by atoms with Crippen LogP contribution in [0, 0.1) is 0 Å². The predicted molar refractivity (Wildman–Crippen MR) is 43.8 cm³/mol. The summed E-state index contributed by atoms with van der Waals surface area (Å²) < 4.78 is 0. The Morgan fingerprint density at radius 1 is 1.30 bits per heavy atom. The largest absolute Gasteiger partial charge is 0.394 e. The van der Waals surface area contributed by atoms with Gasteiger partial charge in [-0.3, -0.25) is 0 Å². The van der Waals surface area contributed by atoms with Crippen molar-refractivity contribution in [2.24, 2.45) is 5.73 Å². The van der Waals surface area contributed by atoms with Gasteiger partial charge in [0.05, 0.1) is 0 Å². The van der Waals surface area contributed by atoms with E-state index in [0.717, 1.165) is 0 Å². The fraction of sp³-hybridized carbons (Fsp3) is 1.00. The first kappa shape index (κ1) is 9.92. The van der Waals surface area contributed by atoms with E-state index in [4.69, 9.17) is 10.8 Å². The quantitative estimate of drug-likeness (QED) is 0.539. The van der Waals surface area contributed by atoms with Gasteiger partial charge in [0.25, 0.3) is 0 Å². The summed E-state index contributed by atoms with van der Waals surface area (Å²) in [6, 6.07) is 0.546. The maximum absolute atomic E-state index is 8.06. The van der Waals surface area contributed by atoms with E-state index >= 15 is 0 Å². The van der Waals surface area contributed by atoms with Crippen molar-refractivity contribution in [1.29, 1.82) is 0 Å². The molecule has 0 unspecified atom stereocenters. The molecule has 0 heterocycles. The molecule has 2 heteroatoms. The van der Waals surface area contributed by atoms with Crippen molar-refractivity contribution in [3.63, 3.8) is 0 Å². The molecule has 0 aliphatic heterocycles. The van der Waals surface area contributed by atoms with Crippen molar-refractivity contribution in [3.8, 4) is 0 Å². The molecule has 1 fully saturated rings. The Morgan fingerprint density at radius 2 is 1.60 bits per heavy atom. The van der Waals surface area contributed by atoms with Crippen LogP contribution in [0.15, 0.2) is 0 Å². The second kappa shape index (κ2) is 5.69. The average Bonchev–Trinajstić information content (AvgIpc) is 2.15.